The Morgan fingerprint density at radius 3 is 2.65 bits per heavy atom. The molecule has 0 atom stereocenters. The number of rotatable bonds is 4. The van der Waals surface area contributed by atoms with Gasteiger partial charge in [-0.2, -0.15) is 0 Å². The standard InChI is InChI=1S/C17H14N2O4/c1-22-14-7-5-12(6-8-14)18-17(21)15-10-16(23-19-15)11-3-2-4-13(20)9-11/h2-10,20H,1H3,(H,18,21). The second kappa shape index (κ2) is 6.23. The molecule has 6 heteroatoms. The normalized spacial score (nSPS) is 10.3. The second-order valence-corrected chi connectivity index (χ2v) is 4.81. The van der Waals surface area contributed by atoms with Gasteiger partial charge in [0, 0.05) is 17.3 Å². The molecule has 0 radical (unpaired) electrons. The molecule has 3 rings (SSSR count). The number of anilines is 1. The van der Waals surface area contributed by atoms with Crippen LogP contribution in [-0.4, -0.2) is 23.3 Å². The van der Waals surface area contributed by atoms with Crippen LogP contribution < -0.4 is 10.1 Å². The number of benzene rings is 2. The summed E-state index contributed by atoms with van der Waals surface area (Å²) in [4.78, 5) is 12.2. The van der Waals surface area contributed by atoms with Gasteiger partial charge in [-0.25, -0.2) is 0 Å². The third kappa shape index (κ3) is 3.32. The van der Waals surface area contributed by atoms with Crippen molar-refractivity contribution in [2.75, 3.05) is 12.4 Å². The first-order valence-corrected chi connectivity index (χ1v) is 6.87. The van der Waals surface area contributed by atoms with Crippen LogP contribution in [0.1, 0.15) is 10.5 Å². The van der Waals surface area contributed by atoms with Crippen LogP contribution in [0.5, 0.6) is 11.5 Å². The molecular weight excluding hydrogens is 296 g/mol. The fourth-order valence-electron chi connectivity index (χ4n) is 2.05. The summed E-state index contributed by atoms with van der Waals surface area (Å²) in [5.74, 6) is 0.838. The first-order chi connectivity index (χ1) is 11.2. The summed E-state index contributed by atoms with van der Waals surface area (Å²) in [6.07, 6.45) is 0. The van der Waals surface area contributed by atoms with Gasteiger partial charge in [0.25, 0.3) is 5.91 Å². The lowest BCUT2D eigenvalue weighted by Crippen LogP contribution is -2.11. The number of aromatic nitrogens is 1. The monoisotopic (exact) mass is 310 g/mol. The summed E-state index contributed by atoms with van der Waals surface area (Å²) in [6.45, 7) is 0. The maximum absolute atomic E-state index is 12.2. The fourth-order valence-corrected chi connectivity index (χ4v) is 2.05. The number of methoxy groups -OCH3 is 1. The predicted octanol–water partition coefficient (Wildman–Crippen LogP) is 3.31. The minimum absolute atomic E-state index is 0.114. The molecule has 0 saturated carbocycles. The molecule has 0 unspecified atom stereocenters. The summed E-state index contributed by atoms with van der Waals surface area (Å²) in [5, 5.41) is 16.0. The van der Waals surface area contributed by atoms with Crippen LogP contribution in [0.4, 0.5) is 5.69 Å². The number of hydrogen-bond donors (Lipinski definition) is 2. The lowest BCUT2D eigenvalue weighted by Gasteiger charge is -2.04. The molecule has 2 aromatic carbocycles. The molecular formula is C17H14N2O4. The third-order valence-electron chi connectivity index (χ3n) is 3.22. The van der Waals surface area contributed by atoms with Crippen LogP contribution in [0.15, 0.2) is 59.1 Å². The number of carbonyl (C=O) groups excluding carboxylic acids is 1. The highest BCUT2D eigenvalue weighted by molar-refractivity contribution is 6.03. The van der Waals surface area contributed by atoms with Gasteiger partial charge in [-0.3, -0.25) is 4.79 Å². The van der Waals surface area contributed by atoms with Gasteiger partial charge in [0.15, 0.2) is 11.5 Å². The molecule has 1 aromatic heterocycles. The molecule has 1 amide bonds. The van der Waals surface area contributed by atoms with Crippen LogP contribution in [0.2, 0.25) is 0 Å². The summed E-state index contributed by atoms with van der Waals surface area (Å²) >= 11 is 0. The average molecular weight is 310 g/mol. The predicted molar refractivity (Wildman–Crippen MR) is 84.6 cm³/mol. The first-order valence-electron chi connectivity index (χ1n) is 6.87. The van der Waals surface area contributed by atoms with Crippen LogP contribution in [0.25, 0.3) is 11.3 Å². The highest BCUT2D eigenvalue weighted by Gasteiger charge is 2.14. The van der Waals surface area contributed by atoms with Gasteiger partial charge in [0.1, 0.15) is 11.5 Å². The number of aromatic hydroxyl groups is 1. The summed E-state index contributed by atoms with van der Waals surface area (Å²) in [6, 6.07) is 15.0. The molecule has 0 aliphatic rings. The summed E-state index contributed by atoms with van der Waals surface area (Å²) in [5.41, 5.74) is 1.41. The van der Waals surface area contributed by atoms with Crippen molar-refractivity contribution < 1.29 is 19.2 Å². The topological polar surface area (TPSA) is 84.6 Å². The summed E-state index contributed by atoms with van der Waals surface area (Å²) in [7, 11) is 1.58. The van der Waals surface area contributed by atoms with Gasteiger partial charge in [-0.15, -0.1) is 0 Å². The highest BCUT2D eigenvalue weighted by atomic mass is 16.5. The number of phenols is 1. The van der Waals surface area contributed by atoms with E-state index in [0.717, 1.165) is 0 Å². The maximum atomic E-state index is 12.2. The van der Waals surface area contributed by atoms with Crippen molar-refractivity contribution in [2.45, 2.75) is 0 Å². The Bertz CT molecular complexity index is 825. The Morgan fingerprint density at radius 2 is 1.96 bits per heavy atom. The van der Waals surface area contributed by atoms with E-state index in [-0.39, 0.29) is 17.4 Å². The van der Waals surface area contributed by atoms with E-state index in [0.29, 0.717) is 22.8 Å². The van der Waals surface area contributed by atoms with Crippen molar-refractivity contribution in [3.05, 3.63) is 60.3 Å². The Balaban J connectivity index is 1.75. The van der Waals surface area contributed by atoms with E-state index < -0.39 is 0 Å². The lowest BCUT2D eigenvalue weighted by molar-refractivity contribution is 0.101. The van der Waals surface area contributed by atoms with Crippen LogP contribution in [0.3, 0.4) is 0 Å². The number of nitrogens with zero attached hydrogens (tertiary/aromatic N) is 1. The van der Waals surface area contributed by atoms with Gasteiger partial charge < -0.3 is 19.7 Å². The highest BCUT2D eigenvalue weighted by Crippen LogP contribution is 2.24. The van der Waals surface area contributed by atoms with Gasteiger partial charge in [-0.05, 0) is 36.4 Å². The number of amides is 1. The zero-order valence-corrected chi connectivity index (χ0v) is 12.3. The average Bonchev–Trinajstić information content (AvgIpc) is 3.06. The zero-order chi connectivity index (χ0) is 16.2. The molecule has 0 fully saturated rings. The lowest BCUT2D eigenvalue weighted by atomic mass is 10.1. The number of nitrogens with one attached hydrogen (secondary N) is 1. The van der Waals surface area contributed by atoms with Crippen molar-refractivity contribution in [2.24, 2.45) is 0 Å². The van der Waals surface area contributed by atoms with E-state index in [1.54, 1.807) is 49.6 Å². The van der Waals surface area contributed by atoms with E-state index in [4.69, 9.17) is 9.26 Å². The van der Waals surface area contributed by atoms with Gasteiger partial charge in [-0.1, -0.05) is 17.3 Å². The Hall–Kier alpha value is -3.28. The number of carbonyl (C=O) groups is 1. The molecule has 0 spiro atoms. The van der Waals surface area contributed by atoms with E-state index >= 15 is 0 Å². The van der Waals surface area contributed by atoms with E-state index in [1.165, 1.54) is 12.1 Å². The number of phenolic OH excluding ortho intramolecular Hbond substituents is 1. The van der Waals surface area contributed by atoms with Crippen molar-refractivity contribution >= 4 is 11.6 Å². The van der Waals surface area contributed by atoms with Crippen LogP contribution >= 0.6 is 0 Å². The minimum atomic E-state index is -0.384. The van der Waals surface area contributed by atoms with E-state index in [1.807, 2.05) is 0 Å². The van der Waals surface area contributed by atoms with Gasteiger partial charge in [0.05, 0.1) is 7.11 Å². The fraction of sp³-hybridized carbons (Fsp3) is 0.0588. The summed E-state index contributed by atoms with van der Waals surface area (Å²) < 4.78 is 10.2. The van der Waals surface area contributed by atoms with Crippen LogP contribution in [0, 0.1) is 0 Å². The van der Waals surface area contributed by atoms with Gasteiger partial charge in [0.2, 0.25) is 0 Å². The first kappa shape index (κ1) is 14.6. The molecule has 1 heterocycles. The maximum Gasteiger partial charge on any atom is 0.277 e. The molecule has 0 saturated heterocycles. The number of ether oxygens (including phenoxy) is 1. The molecule has 23 heavy (non-hydrogen) atoms. The molecule has 0 aliphatic heterocycles. The van der Waals surface area contributed by atoms with Crippen molar-refractivity contribution in [1.82, 2.24) is 5.16 Å². The van der Waals surface area contributed by atoms with Crippen molar-refractivity contribution in [3.63, 3.8) is 0 Å². The number of hydrogen-bond acceptors (Lipinski definition) is 5. The third-order valence-corrected chi connectivity index (χ3v) is 3.22. The molecule has 0 bridgehead atoms. The zero-order valence-electron chi connectivity index (χ0n) is 12.3. The Morgan fingerprint density at radius 1 is 1.17 bits per heavy atom. The Labute approximate surface area is 132 Å². The molecule has 2 N–H and O–H groups in total. The molecule has 116 valence electrons. The minimum Gasteiger partial charge on any atom is -0.508 e. The van der Waals surface area contributed by atoms with Crippen molar-refractivity contribution in [1.29, 1.82) is 0 Å². The van der Waals surface area contributed by atoms with E-state index in [2.05, 4.69) is 10.5 Å². The second-order valence-electron chi connectivity index (χ2n) is 4.81. The Kier molecular flexibility index (Phi) is 3.97. The molecule has 3 aromatic rings. The van der Waals surface area contributed by atoms with Gasteiger partial charge >= 0.3 is 0 Å². The van der Waals surface area contributed by atoms with Crippen molar-refractivity contribution in [3.8, 4) is 22.8 Å². The largest absolute Gasteiger partial charge is 0.508 e. The molecule has 0 aliphatic carbocycles. The van der Waals surface area contributed by atoms with E-state index in [9.17, 15) is 9.90 Å². The SMILES string of the molecule is COc1ccc(NC(=O)c2cc(-c3cccc(O)c3)on2)cc1. The molecule has 6 nitrogen and oxygen atoms in total. The quantitative estimate of drug-likeness (QED) is 0.772. The smallest absolute Gasteiger partial charge is 0.277 e. The van der Waals surface area contributed by atoms with Crippen LogP contribution in [-0.2, 0) is 0 Å².